The summed E-state index contributed by atoms with van der Waals surface area (Å²) in [7, 11) is 0. The number of carbonyl (C=O) groups is 1. The number of aryl methyl sites for hydroxylation is 1. The molecule has 1 saturated carbocycles. The summed E-state index contributed by atoms with van der Waals surface area (Å²) >= 11 is 0. The first kappa shape index (κ1) is 23.2. The van der Waals surface area contributed by atoms with Gasteiger partial charge in [0.25, 0.3) is 5.91 Å². The minimum absolute atomic E-state index is 0.131. The van der Waals surface area contributed by atoms with Gasteiger partial charge in [-0.15, -0.1) is 0 Å². The van der Waals surface area contributed by atoms with Crippen molar-refractivity contribution in [2.24, 2.45) is 0 Å². The van der Waals surface area contributed by atoms with Gasteiger partial charge in [0, 0.05) is 35.1 Å². The Morgan fingerprint density at radius 2 is 1.97 bits per heavy atom. The highest BCUT2D eigenvalue weighted by Gasteiger charge is 2.26. The number of hydrogen-bond acceptors (Lipinski definition) is 7. The fourth-order valence-corrected chi connectivity index (χ4v) is 4.59. The minimum Gasteiger partial charge on any atom is -0.444 e. The van der Waals surface area contributed by atoms with Crippen LogP contribution < -0.4 is 5.32 Å². The van der Waals surface area contributed by atoms with Crippen molar-refractivity contribution in [1.82, 2.24) is 19.6 Å². The molecule has 3 N–H and O–H groups in total. The maximum atomic E-state index is 13.1. The standard InChI is InChI=1S/C26H29N5O4/c1-15-10-17(8-9-27-15)25-29-23(14-35-25)24(33)28-22-12-18-11-21(16-4-6-19(32)7-5-16)30-31(18)13-20(22)26(2,3)34/h8-14,16,19,32,34H,4-7H2,1-3H3,(H,28,33). The van der Waals surface area contributed by atoms with Gasteiger partial charge >= 0.3 is 0 Å². The van der Waals surface area contributed by atoms with E-state index < -0.39 is 11.5 Å². The molecule has 4 aromatic heterocycles. The van der Waals surface area contributed by atoms with E-state index in [1.807, 2.05) is 25.1 Å². The third kappa shape index (κ3) is 4.82. The maximum absolute atomic E-state index is 13.1. The van der Waals surface area contributed by atoms with Gasteiger partial charge in [-0.3, -0.25) is 9.78 Å². The van der Waals surface area contributed by atoms with Gasteiger partial charge in [-0.1, -0.05) is 0 Å². The molecule has 1 amide bonds. The summed E-state index contributed by atoms with van der Waals surface area (Å²) in [6, 6.07) is 7.42. The molecular formula is C26H29N5O4. The summed E-state index contributed by atoms with van der Waals surface area (Å²) in [6.07, 6.45) is 7.82. The summed E-state index contributed by atoms with van der Waals surface area (Å²) in [4.78, 5) is 21.6. The zero-order valence-electron chi connectivity index (χ0n) is 20.0. The molecule has 0 atom stereocenters. The number of pyridine rings is 2. The van der Waals surface area contributed by atoms with Gasteiger partial charge in [-0.2, -0.15) is 5.10 Å². The van der Waals surface area contributed by atoms with Crippen LogP contribution in [0.3, 0.4) is 0 Å². The smallest absolute Gasteiger partial charge is 0.277 e. The van der Waals surface area contributed by atoms with Crippen LogP contribution in [-0.4, -0.2) is 41.8 Å². The van der Waals surface area contributed by atoms with Crippen molar-refractivity contribution in [3.05, 3.63) is 65.6 Å². The van der Waals surface area contributed by atoms with Gasteiger partial charge in [0.05, 0.1) is 28.6 Å². The molecule has 1 fully saturated rings. The number of rotatable bonds is 5. The second-order valence-electron chi connectivity index (χ2n) is 9.78. The first-order valence-electron chi connectivity index (χ1n) is 11.8. The molecule has 0 aromatic carbocycles. The van der Waals surface area contributed by atoms with Crippen LogP contribution in [-0.2, 0) is 5.60 Å². The fraction of sp³-hybridized carbons (Fsp3) is 0.385. The minimum atomic E-state index is -1.22. The number of amides is 1. The van der Waals surface area contributed by atoms with Crippen LogP contribution in [0.2, 0.25) is 0 Å². The topological polar surface area (TPSA) is 126 Å². The summed E-state index contributed by atoms with van der Waals surface area (Å²) in [5.74, 6) is 0.172. The number of nitrogens with one attached hydrogen (secondary N) is 1. The Kier molecular flexibility index (Phi) is 5.90. The van der Waals surface area contributed by atoms with Gasteiger partial charge in [0.2, 0.25) is 5.89 Å². The van der Waals surface area contributed by atoms with Crippen LogP contribution in [0.25, 0.3) is 17.0 Å². The number of aliphatic hydroxyl groups is 2. The van der Waals surface area contributed by atoms with Gasteiger partial charge in [0.1, 0.15) is 6.26 Å². The summed E-state index contributed by atoms with van der Waals surface area (Å²) < 4.78 is 7.27. The van der Waals surface area contributed by atoms with Crippen molar-refractivity contribution in [2.75, 3.05) is 5.32 Å². The van der Waals surface area contributed by atoms with Crippen LogP contribution in [0, 0.1) is 6.92 Å². The number of fused-ring (bicyclic) bond motifs is 1. The van der Waals surface area contributed by atoms with E-state index in [0.29, 0.717) is 17.1 Å². The summed E-state index contributed by atoms with van der Waals surface area (Å²) in [5.41, 5.74) is 3.23. The largest absolute Gasteiger partial charge is 0.444 e. The molecule has 0 saturated heterocycles. The maximum Gasteiger partial charge on any atom is 0.277 e. The lowest BCUT2D eigenvalue weighted by atomic mass is 9.85. The molecule has 4 aromatic rings. The molecule has 0 bridgehead atoms. The van der Waals surface area contributed by atoms with Crippen LogP contribution in [0.5, 0.6) is 0 Å². The van der Waals surface area contributed by atoms with E-state index in [9.17, 15) is 15.0 Å². The Bertz CT molecular complexity index is 1380. The Balaban J connectivity index is 1.44. The van der Waals surface area contributed by atoms with Crippen LogP contribution in [0.15, 0.2) is 47.3 Å². The van der Waals surface area contributed by atoms with E-state index in [-0.39, 0.29) is 17.7 Å². The van der Waals surface area contributed by atoms with E-state index >= 15 is 0 Å². The van der Waals surface area contributed by atoms with E-state index in [2.05, 4.69) is 15.3 Å². The number of hydrogen-bond donors (Lipinski definition) is 3. The molecule has 1 aliphatic rings. The highest BCUT2D eigenvalue weighted by molar-refractivity contribution is 6.03. The zero-order valence-corrected chi connectivity index (χ0v) is 20.0. The highest BCUT2D eigenvalue weighted by Crippen LogP contribution is 2.35. The third-order valence-electron chi connectivity index (χ3n) is 6.52. The number of aromatic nitrogens is 4. The molecule has 0 aliphatic heterocycles. The monoisotopic (exact) mass is 475 g/mol. The lowest BCUT2D eigenvalue weighted by Crippen LogP contribution is -2.22. The quantitative estimate of drug-likeness (QED) is 0.395. The fourth-order valence-electron chi connectivity index (χ4n) is 4.59. The first-order valence-corrected chi connectivity index (χ1v) is 11.8. The molecule has 0 radical (unpaired) electrons. The lowest BCUT2D eigenvalue weighted by Gasteiger charge is -2.23. The number of carbonyl (C=O) groups excluding carboxylic acids is 1. The van der Waals surface area contributed by atoms with Crippen molar-refractivity contribution in [3.63, 3.8) is 0 Å². The third-order valence-corrected chi connectivity index (χ3v) is 6.52. The van der Waals surface area contributed by atoms with E-state index in [1.54, 1.807) is 36.8 Å². The van der Waals surface area contributed by atoms with Gasteiger partial charge in [-0.05, 0) is 70.7 Å². The highest BCUT2D eigenvalue weighted by atomic mass is 16.3. The normalized spacial score (nSPS) is 18.7. The van der Waals surface area contributed by atoms with Crippen LogP contribution >= 0.6 is 0 Å². The molecule has 0 spiro atoms. The van der Waals surface area contributed by atoms with Crippen molar-refractivity contribution in [3.8, 4) is 11.5 Å². The van der Waals surface area contributed by atoms with Gasteiger partial charge in [0.15, 0.2) is 5.69 Å². The van der Waals surface area contributed by atoms with Crippen LogP contribution in [0.1, 0.15) is 72.9 Å². The van der Waals surface area contributed by atoms with Gasteiger partial charge in [-0.25, -0.2) is 9.50 Å². The molecule has 9 nitrogen and oxygen atoms in total. The number of anilines is 1. The predicted molar refractivity (Wildman–Crippen MR) is 130 cm³/mol. The number of oxazole rings is 1. The summed E-state index contributed by atoms with van der Waals surface area (Å²) in [5, 5.41) is 28.3. The summed E-state index contributed by atoms with van der Waals surface area (Å²) in [6.45, 7) is 5.20. The SMILES string of the molecule is Cc1cc(-c2nc(C(=O)Nc3cc4cc(C5CCC(O)CC5)nn4cc3C(C)(C)O)co2)ccn1. The lowest BCUT2D eigenvalue weighted by molar-refractivity contribution is 0.0787. The Labute approximate surface area is 202 Å². The Morgan fingerprint density at radius 1 is 1.20 bits per heavy atom. The second kappa shape index (κ2) is 8.90. The molecule has 0 unspecified atom stereocenters. The van der Waals surface area contributed by atoms with Gasteiger partial charge < -0.3 is 19.9 Å². The van der Waals surface area contributed by atoms with E-state index in [1.165, 1.54) is 6.26 Å². The van der Waals surface area contributed by atoms with Crippen molar-refractivity contribution in [1.29, 1.82) is 0 Å². The Morgan fingerprint density at radius 3 is 2.69 bits per heavy atom. The van der Waals surface area contributed by atoms with Crippen molar-refractivity contribution < 1.29 is 19.4 Å². The molecule has 4 heterocycles. The average molecular weight is 476 g/mol. The zero-order chi connectivity index (χ0) is 24.7. The molecule has 1 aliphatic carbocycles. The molecule has 5 rings (SSSR count). The average Bonchev–Trinajstić information content (AvgIpc) is 3.46. The number of nitrogens with zero attached hydrogens (tertiary/aromatic N) is 4. The predicted octanol–water partition coefficient (Wildman–Crippen LogP) is 4.19. The second-order valence-corrected chi connectivity index (χ2v) is 9.78. The van der Waals surface area contributed by atoms with Crippen molar-refractivity contribution >= 4 is 17.1 Å². The van der Waals surface area contributed by atoms with Crippen molar-refractivity contribution in [2.45, 2.75) is 64.1 Å². The van der Waals surface area contributed by atoms with E-state index in [0.717, 1.165) is 48.2 Å². The number of aliphatic hydroxyl groups excluding tert-OH is 1. The molecular weight excluding hydrogens is 446 g/mol. The molecule has 182 valence electrons. The van der Waals surface area contributed by atoms with Crippen LogP contribution in [0.4, 0.5) is 5.69 Å². The molecule has 9 heteroatoms. The Hall–Kier alpha value is -3.56. The first-order chi connectivity index (χ1) is 16.7. The molecule has 35 heavy (non-hydrogen) atoms. The van der Waals surface area contributed by atoms with E-state index in [4.69, 9.17) is 9.52 Å².